The Morgan fingerprint density at radius 1 is 1.89 bits per heavy atom. The fourth-order valence-corrected chi connectivity index (χ4v) is 0.647. The second-order valence-electron chi connectivity index (χ2n) is 1.44. The van der Waals surface area contributed by atoms with Crippen molar-refractivity contribution >= 4 is 18.6 Å². The SMILES string of the molecule is O=C(O)c1cn[nH]c1S. The monoisotopic (exact) mass is 144 g/mol. The quantitative estimate of drug-likeness (QED) is 0.500. The number of carbonyl (C=O) groups is 1. The number of hydrogen-bond acceptors (Lipinski definition) is 3. The van der Waals surface area contributed by atoms with Crippen LogP contribution >= 0.6 is 12.6 Å². The minimum Gasteiger partial charge on any atom is -0.478 e. The molecule has 0 aliphatic carbocycles. The molecule has 2 N–H and O–H groups in total. The first-order valence-corrected chi connectivity index (χ1v) is 2.62. The van der Waals surface area contributed by atoms with E-state index in [0.717, 1.165) is 0 Å². The number of nitrogens with one attached hydrogen (secondary N) is 1. The van der Waals surface area contributed by atoms with Gasteiger partial charge in [0.25, 0.3) is 0 Å². The Bertz CT molecular complexity index is 232. The van der Waals surface area contributed by atoms with Gasteiger partial charge in [-0.2, -0.15) is 5.10 Å². The van der Waals surface area contributed by atoms with Crippen molar-refractivity contribution in [3.63, 3.8) is 0 Å². The number of H-pyrrole nitrogens is 1. The molecule has 9 heavy (non-hydrogen) atoms. The van der Waals surface area contributed by atoms with E-state index >= 15 is 0 Å². The second-order valence-corrected chi connectivity index (χ2v) is 1.88. The van der Waals surface area contributed by atoms with Crippen LogP contribution in [0.1, 0.15) is 10.4 Å². The molecule has 0 aliphatic heterocycles. The van der Waals surface area contributed by atoms with Gasteiger partial charge in [-0.15, -0.1) is 12.6 Å². The van der Waals surface area contributed by atoms with Crippen molar-refractivity contribution in [1.82, 2.24) is 10.2 Å². The molecule has 0 aromatic carbocycles. The van der Waals surface area contributed by atoms with Crippen molar-refractivity contribution < 1.29 is 9.90 Å². The fourth-order valence-electron chi connectivity index (χ4n) is 0.436. The van der Waals surface area contributed by atoms with Crippen LogP contribution in [0.2, 0.25) is 0 Å². The third-order valence-electron chi connectivity index (χ3n) is 0.850. The molecule has 1 heterocycles. The molecule has 1 aromatic heterocycles. The van der Waals surface area contributed by atoms with Gasteiger partial charge in [0, 0.05) is 0 Å². The summed E-state index contributed by atoms with van der Waals surface area (Å²) >= 11 is 3.79. The molecule has 0 amide bonds. The van der Waals surface area contributed by atoms with E-state index in [-0.39, 0.29) is 10.6 Å². The molecule has 0 saturated heterocycles. The lowest BCUT2D eigenvalue weighted by molar-refractivity contribution is 0.0693. The normalized spacial score (nSPS) is 9.44. The van der Waals surface area contributed by atoms with Gasteiger partial charge in [-0.3, -0.25) is 5.10 Å². The lowest BCUT2D eigenvalue weighted by atomic mass is 10.4. The van der Waals surface area contributed by atoms with Crippen LogP contribution in [0, 0.1) is 0 Å². The molecular weight excluding hydrogens is 140 g/mol. The van der Waals surface area contributed by atoms with E-state index < -0.39 is 5.97 Å². The van der Waals surface area contributed by atoms with Crippen molar-refractivity contribution in [2.75, 3.05) is 0 Å². The summed E-state index contributed by atoms with van der Waals surface area (Å²) < 4.78 is 0. The first-order chi connectivity index (χ1) is 4.22. The van der Waals surface area contributed by atoms with Crippen molar-refractivity contribution in [3.05, 3.63) is 11.8 Å². The van der Waals surface area contributed by atoms with Gasteiger partial charge in [0.1, 0.15) is 10.6 Å². The number of thiol groups is 1. The highest BCUT2D eigenvalue weighted by atomic mass is 32.1. The first kappa shape index (κ1) is 6.15. The number of aromatic amines is 1. The number of rotatable bonds is 1. The van der Waals surface area contributed by atoms with E-state index in [0.29, 0.717) is 0 Å². The molecule has 4 nitrogen and oxygen atoms in total. The van der Waals surface area contributed by atoms with Crippen LogP contribution in [-0.4, -0.2) is 21.3 Å². The molecule has 5 heteroatoms. The predicted octanol–water partition coefficient (Wildman–Crippen LogP) is 0.397. The molecular formula is C4H4N2O2S. The summed E-state index contributed by atoms with van der Waals surface area (Å²) in [5.41, 5.74) is 0.0957. The largest absolute Gasteiger partial charge is 0.478 e. The average molecular weight is 144 g/mol. The summed E-state index contributed by atoms with van der Waals surface area (Å²) in [5.74, 6) is -1.02. The van der Waals surface area contributed by atoms with E-state index in [4.69, 9.17) is 5.11 Å². The zero-order valence-corrected chi connectivity index (χ0v) is 5.22. The number of hydrogen-bond donors (Lipinski definition) is 3. The van der Waals surface area contributed by atoms with Crippen molar-refractivity contribution in [3.8, 4) is 0 Å². The van der Waals surface area contributed by atoms with Crippen LogP contribution in [0.25, 0.3) is 0 Å². The summed E-state index contributed by atoms with van der Waals surface area (Å²) in [4.78, 5) is 10.2. The Morgan fingerprint density at radius 2 is 2.56 bits per heavy atom. The maximum absolute atomic E-state index is 10.2. The molecule has 0 bridgehead atoms. The maximum Gasteiger partial charge on any atom is 0.340 e. The van der Waals surface area contributed by atoms with Gasteiger partial charge in [-0.1, -0.05) is 0 Å². The van der Waals surface area contributed by atoms with Gasteiger partial charge in [-0.05, 0) is 0 Å². The van der Waals surface area contributed by atoms with Crippen LogP contribution < -0.4 is 0 Å². The topological polar surface area (TPSA) is 66.0 Å². The number of carboxylic acids is 1. The predicted molar refractivity (Wildman–Crippen MR) is 32.8 cm³/mol. The molecule has 1 aromatic rings. The lowest BCUT2D eigenvalue weighted by Crippen LogP contribution is -1.93. The number of carboxylic acid groups (broad SMARTS) is 1. The van der Waals surface area contributed by atoms with Gasteiger partial charge in [-0.25, -0.2) is 4.79 Å². The molecule has 1 rings (SSSR count). The summed E-state index contributed by atoms with van der Waals surface area (Å²) in [5, 5.41) is 14.5. The Balaban J connectivity index is 3.08. The van der Waals surface area contributed by atoms with E-state index in [1.165, 1.54) is 6.20 Å². The van der Waals surface area contributed by atoms with E-state index in [9.17, 15) is 4.79 Å². The summed E-state index contributed by atoms with van der Waals surface area (Å²) in [7, 11) is 0. The Kier molecular flexibility index (Phi) is 1.44. The van der Waals surface area contributed by atoms with Gasteiger partial charge in [0.05, 0.1) is 6.20 Å². The first-order valence-electron chi connectivity index (χ1n) is 2.17. The highest BCUT2D eigenvalue weighted by molar-refractivity contribution is 7.80. The van der Waals surface area contributed by atoms with Crippen LogP contribution in [0.3, 0.4) is 0 Å². The Hall–Kier alpha value is -0.970. The highest BCUT2D eigenvalue weighted by Crippen LogP contribution is 2.07. The number of nitrogens with zero attached hydrogens (tertiary/aromatic N) is 1. The van der Waals surface area contributed by atoms with Gasteiger partial charge in [0.15, 0.2) is 0 Å². The van der Waals surface area contributed by atoms with Crippen LogP contribution in [0.4, 0.5) is 0 Å². The highest BCUT2D eigenvalue weighted by Gasteiger charge is 2.07. The van der Waals surface area contributed by atoms with E-state index in [2.05, 4.69) is 22.8 Å². The summed E-state index contributed by atoms with van der Waals surface area (Å²) in [6.07, 6.45) is 1.21. The zero-order chi connectivity index (χ0) is 6.85. The standard InChI is InChI=1S/C4H4N2O2S/c7-4(8)2-1-5-6-3(2)9/h1H,(H,7,8)(H2,5,6,9). The number of aromatic carboxylic acids is 1. The third-order valence-corrected chi connectivity index (χ3v) is 1.19. The molecule has 0 radical (unpaired) electrons. The summed E-state index contributed by atoms with van der Waals surface area (Å²) in [6.45, 7) is 0. The molecule has 0 aliphatic rings. The maximum atomic E-state index is 10.2. The zero-order valence-electron chi connectivity index (χ0n) is 4.33. The molecule has 0 spiro atoms. The fraction of sp³-hybridized carbons (Fsp3) is 0. The summed E-state index contributed by atoms with van der Waals surface area (Å²) in [6, 6.07) is 0. The van der Waals surface area contributed by atoms with E-state index in [1.54, 1.807) is 0 Å². The molecule has 0 atom stereocenters. The van der Waals surface area contributed by atoms with Gasteiger partial charge < -0.3 is 5.11 Å². The van der Waals surface area contributed by atoms with Crippen molar-refractivity contribution in [1.29, 1.82) is 0 Å². The van der Waals surface area contributed by atoms with Crippen LogP contribution in [0.15, 0.2) is 11.2 Å². The smallest absolute Gasteiger partial charge is 0.340 e. The van der Waals surface area contributed by atoms with Crippen molar-refractivity contribution in [2.45, 2.75) is 5.03 Å². The average Bonchev–Trinajstić information content (AvgIpc) is 2.13. The minimum atomic E-state index is -1.02. The van der Waals surface area contributed by atoms with Crippen LogP contribution in [0.5, 0.6) is 0 Å². The second kappa shape index (κ2) is 2.10. The third kappa shape index (κ3) is 1.05. The molecule has 0 unspecified atom stereocenters. The Labute approximate surface area is 56.3 Å². The number of aromatic nitrogens is 2. The van der Waals surface area contributed by atoms with Crippen LogP contribution in [-0.2, 0) is 0 Å². The Morgan fingerprint density at radius 3 is 2.78 bits per heavy atom. The van der Waals surface area contributed by atoms with E-state index in [1.807, 2.05) is 0 Å². The lowest BCUT2D eigenvalue weighted by Gasteiger charge is -1.84. The molecule has 48 valence electrons. The van der Waals surface area contributed by atoms with Gasteiger partial charge >= 0.3 is 5.97 Å². The van der Waals surface area contributed by atoms with Gasteiger partial charge in [0.2, 0.25) is 0 Å². The molecule has 0 saturated carbocycles. The minimum absolute atomic E-state index is 0.0957. The van der Waals surface area contributed by atoms with Crippen molar-refractivity contribution in [2.24, 2.45) is 0 Å². The molecule has 0 fully saturated rings.